The fourth-order valence-electron chi connectivity index (χ4n) is 2.77. The fourth-order valence-corrected chi connectivity index (χ4v) is 3.03. The highest BCUT2D eigenvalue weighted by Gasteiger charge is 2.27. The minimum absolute atomic E-state index is 0.122. The average Bonchev–Trinajstić information content (AvgIpc) is 2.59. The summed E-state index contributed by atoms with van der Waals surface area (Å²) < 4.78 is 20.2. The maximum Gasteiger partial charge on any atom is 0.433 e. The lowest BCUT2D eigenvalue weighted by Gasteiger charge is -2.06. The molecule has 0 bridgehead atoms. The lowest BCUT2D eigenvalue weighted by atomic mass is 10.0. The van der Waals surface area contributed by atoms with Crippen LogP contribution < -0.4 is 0 Å². The zero-order valence-corrected chi connectivity index (χ0v) is 17.4. The second kappa shape index (κ2) is 18.0. The first-order valence-electron chi connectivity index (χ1n) is 10.3. The largest absolute Gasteiger partial charge is 0.454 e. The molecule has 0 aliphatic carbocycles. The molecule has 0 aliphatic rings. The average molecular weight is 394 g/mol. The molecule has 0 saturated carbocycles. The smallest absolute Gasteiger partial charge is 0.433 e. The third-order valence-corrected chi connectivity index (χ3v) is 4.94. The molecule has 2 N–H and O–H groups in total. The van der Waals surface area contributed by atoms with Crippen LogP contribution in [0, 0.1) is 0 Å². The molecule has 0 aromatic carbocycles. The van der Waals surface area contributed by atoms with Gasteiger partial charge in [-0.2, -0.15) is 0 Å². The third-order valence-electron chi connectivity index (χ3n) is 4.33. The molecule has 0 aliphatic heterocycles. The Morgan fingerprint density at radius 2 is 1.12 bits per heavy atom. The predicted molar refractivity (Wildman–Crippen MR) is 105 cm³/mol. The zero-order valence-electron chi connectivity index (χ0n) is 16.5. The molecule has 6 nitrogen and oxygen atoms in total. The van der Waals surface area contributed by atoms with E-state index < -0.39 is 13.3 Å². The van der Waals surface area contributed by atoms with Crippen LogP contribution in [0.4, 0.5) is 4.79 Å². The molecule has 0 amide bonds. The van der Waals surface area contributed by atoms with E-state index in [1.54, 1.807) is 0 Å². The van der Waals surface area contributed by atoms with Crippen molar-refractivity contribution in [2.24, 2.45) is 0 Å². The van der Waals surface area contributed by atoms with E-state index in [1.165, 1.54) is 77.0 Å². The second-order valence-corrected chi connectivity index (χ2v) is 8.32. The van der Waals surface area contributed by atoms with E-state index in [9.17, 15) is 9.36 Å². The SMILES string of the molecule is CCCCCCCCCCCCCCCCOCCOC(=O)P(=O)(O)O. The summed E-state index contributed by atoms with van der Waals surface area (Å²) in [6, 6.07) is 0. The van der Waals surface area contributed by atoms with Gasteiger partial charge in [0.25, 0.3) is 0 Å². The fraction of sp³-hybridized carbons (Fsp3) is 0.947. The van der Waals surface area contributed by atoms with Gasteiger partial charge >= 0.3 is 13.3 Å². The van der Waals surface area contributed by atoms with Gasteiger partial charge < -0.3 is 19.3 Å². The van der Waals surface area contributed by atoms with Crippen molar-refractivity contribution in [3.8, 4) is 0 Å². The highest BCUT2D eigenvalue weighted by molar-refractivity contribution is 7.69. The first-order chi connectivity index (χ1) is 12.5. The van der Waals surface area contributed by atoms with E-state index in [4.69, 9.17) is 14.5 Å². The molecule has 0 radical (unpaired) electrons. The summed E-state index contributed by atoms with van der Waals surface area (Å²) in [4.78, 5) is 27.8. The molecular weight excluding hydrogens is 355 g/mol. The zero-order chi connectivity index (χ0) is 19.5. The Kier molecular flexibility index (Phi) is 17.7. The van der Waals surface area contributed by atoms with Crippen LogP contribution in [0.1, 0.15) is 96.8 Å². The minimum Gasteiger partial charge on any atom is -0.454 e. The van der Waals surface area contributed by atoms with Crippen LogP contribution in [-0.2, 0) is 14.0 Å². The van der Waals surface area contributed by atoms with E-state index >= 15 is 0 Å². The van der Waals surface area contributed by atoms with Crippen molar-refractivity contribution >= 4 is 13.3 Å². The van der Waals surface area contributed by atoms with Crippen molar-refractivity contribution in [1.29, 1.82) is 0 Å². The quantitative estimate of drug-likeness (QED) is 0.212. The van der Waals surface area contributed by atoms with Crippen molar-refractivity contribution in [1.82, 2.24) is 0 Å². The van der Waals surface area contributed by atoms with Gasteiger partial charge in [0.15, 0.2) is 0 Å². The van der Waals surface area contributed by atoms with Gasteiger partial charge in [-0.15, -0.1) is 0 Å². The van der Waals surface area contributed by atoms with E-state index in [0.717, 1.165) is 12.8 Å². The molecule has 26 heavy (non-hydrogen) atoms. The van der Waals surface area contributed by atoms with Gasteiger partial charge in [-0.1, -0.05) is 90.4 Å². The minimum atomic E-state index is -4.77. The number of rotatable bonds is 19. The Balaban J connectivity index is 3.12. The van der Waals surface area contributed by atoms with Crippen molar-refractivity contribution in [2.75, 3.05) is 19.8 Å². The van der Waals surface area contributed by atoms with Gasteiger partial charge in [0.05, 0.1) is 6.61 Å². The first kappa shape index (κ1) is 25.6. The maximum absolute atomic E-state index is 10.8. The Labute approximate surface area is 159 Å². The van der Waals surface area contributed by atoms with Crippen LogP contribution in [0.15, 0.2) is 0 Å². The van der Waals surface area contributed by atoms with Gasteiger partial charge in [0.1, 0.15) is 6.61 Å². The monoisotopic (exact) mass is 394 g/mol. The van der Waals surface area contributed by atoms with E-state index in [2.05, 4.69) is 11.7 Å². The highest BCUT2D eigenvalue weighted by atomic mass is 31.2. The molecule has 0 aromatic rings. The van der Waals surface area contributed by atoms with Crippen LogP contribution in [-0.4, -0.2) is 35.3 Å². The number of carbonyl (C=O) groups is 1. The summed E-state index contributed by atoms with van der Waals surface area (Å²) in [6.45, 7) is 2.89. The number of ether oxygens (including phenoxy) is 2. The number of hydrogen-bond acceptors (Lipinski definition) is 4. The van der Waals surface area contributed by atoms with Crippen LogP contribution in [0.3, 0.4) is 0 Å². The summed E-state index contributed by atoms with van der Waals surface area (Å²) >= 11 is 0. The van der Waals surface area contributed by atoms with Crippen LogP contribution in [0.5, 0.6) is 0 Å². The molecule has 0 aromatic heterocycles. The van der Waals surface area contributed by atoms with Gasteiger partial charge in [0, 0.05) is 6.61 Å². The van der Waals surface area contributed by atoms with Gasteiger partial charge in [-0.05, 0) is 6.42 Å². The predicted octanol–water partition coefficient (Wildman–Crippen LogP) is 5.80. The molecule has 0 heterocycles. The van der Waals surface area contributed by atoms with E-state index in [1.807, 2.05) is 0 Å². The lowest BCUT2D eigenvalue weighted by Crippen LogP contribution is -2.10. The molecule has 0 rings (SSSR count). The molecule has 7 heteroatoms. The molecule has 0 fully saturated rings. The van der Waals surface area contributed by atoms with Gasteiger partial charge in [0.2, 0.25) is 0 Å². The topological polar surface area (TPSA) is 93.1 Å². The molecule has 0 unspecified atom stereocenters. The third kappa shape index (κ3) is 18.4. The number of unbranched alkanes of at least 4 members (excludes halogenated alkanes) is 13. The second-order valence-electron chi connectivity index (χ2n) is 6.87. The van der Waals surface area contributed by atoms with E-state index in [-0.39, 0.29) is 13.2 Å². The first-order valence-corrected chi connectivity index (χ1v) is 11.9. The van der Waals surface area contributed by atoms with Crippen LogP contribution in [0.2, 0.25) is 0 Å². The lowest BCUT2D eigenvalue weighted by molar-refractivity contribution is 0.0777. The van der Waals surface area contributed by atoms with E-state index in [0.29, 0.717) is 6.61 Å². The Hall–Kier alpha value is -0.420. The summed E-state index contributed by atoms with van der Waals surface area (Å²) in [5.41, 5.74) is -1.49. The van der Waals surface area contributed by atoms with Crippen molar-refractivity contribution in [3.63, 3.8) is 0 Å². The molecule has 0 saturated heterocycles. The Morgan fingerprint density at radius 3 is 1.54 bits per heavy atom. The molecule has 0 spiro atoms. The number of hydrogen-bond donors (Lipinski definition) is 2. The summed E-state index contributed by atoms with van der Waals surface area (Å²) in [5.74, 6) is 0. The summed E-state index contributed by atoms with van der Waals surface area (Å²) in [5, 5.41) is 0. The Morgan fingerprint density at radius 1 is 0.692 bits per heavy atom. The van der Waals surface area contributed by atoms with Gasteiger partial charge in [-0.25, -0.2) is 9.36 Å². The maximum atomic E-state index is 10.8. The number of carbonyl (C=O) groups excluding carboxylic acids is 1. The molecular formula is C19H39O6P. The molecule has 156 valence electrons. The summed E-state index contributed by atoms with van der Waals surface area (Å²) in [6.07, 6.45) is 18.3. The summed E-state index contributed by atoms with van der Waals surface area (Å²) in [7, 11) is -4.77. The van der Waals surface area contributed by atoms with Crippen molar-refractivity contribution in [2.45, 2.75) is 96.8 Å². The van der Waals surface area contributed by atoms with Crippen LogP contribution in [0.25, 0.3) is 0 Å². The normalized spacial score (nSPS) is 11.7. The standard InChI is InChI=1S/C19H39O6P/c1-2-3-4-5-6-7-8-9-10-11-12-13-14-15-16-24-17-18-25-19(20)26(21,22)23/h2-18H2,1H3,(H2,21,22,23). The Bertz CT molecular complexity index is 369. The highest BCUT2D eigenvalue weighted by Crippen LogP contribution is 2.36. The van der Waals surface area contributed by atoms with Gasteiger partial charge in [-0.3, -0.25) is 0 Å². The van der Waals surface area contributed by atoms with Crippen LogP contribution >= 0.6 is 7.60 Å². The van der Waals surface area contributed by atoms with Crippen molar-refractivity contribution in [3.05, 3.63) is 0 Å². The van der Waals surface area contributed by atoms with Crippen molar-refractivity contribution < 1.29 is 28.6 Å². The molecule has 0 atom stereocenters.